The lowest BCUT2D eigenvalue weighted by molar-refractivity contribution is 0.0696. The first kappa shape index (κ1) is 14.1. The number of hydrogen-bond donors (Lipinski definition) is 3. The lowest BCUT2D eigenvalue weighted by Gasteiger charge is -2.08. The molecule has 0 aliphatic rings. The van der Waals surface area contributed by atoms with Crippen molar-refractivity contribution in [2.75, 3.05) is 5.32 Å². The number of nitriles is 1. The van der Waals surface area contributed by atoms with Gasteiger partial charge in [-0.15, -0.1) is 0 Å². The minimum atomic E-state index is -1.17. The van der Waals surface area contributed by atoms with E-state index in [9.17, 15) is 14.7 Å². The van der Waals surface area contributed by atoms with Crippen LogP contribution in [-0.4, -0.2) is 22.1 Å². The molecule has 3 N–H and O–H groups in total. The second-order valence-corrected chi connectivity index (χ2v) is 4.18. The third-order valence-corrected chi connectivity index (χ3v) is 2.75. The van der Waals surface area contributed by atoms with Crippen LogP contribution < -0.4 is 5.32 Å². The minimum absolute atomic E-state index is 0.0118. The van der Waals surface area contributed by atoms with Gasteiger partial charge in [0.15, 0.2) is 0 Å². The average Bonchev–Trinajstić information content (AvgIpc) is 2.49. The number of phenolic OH excluding ortho intramolecular Hbond substituents is 1. The first-order valence-corrected chi connectivity index (χ1v) is 5.89. The van der Waals surface area contributed by atoms with Gasteiger partial charge in [-0.05, 0) is 36.4 Å². The summed E-state index contributed by atoms with van der Waals surface area (Å²) in [4.78, 5) is 22.9. The maximum Gasteiger partial charge on any atom is 0.335 e. The molecule has 2 aromatic rings. The number of carboxylic acid groups (broad SMARTS) is 1. The van der Waals surface area contributed by atoms with E-state index in [4.69, 9.17) is 10.4 Å². The minimum Gasteiger partial charge on any atom is -0.506 e. The summed E-state index contributed by atoms with van der Waals surface area (Å²) in [5, 5.41) is 29.7. The number of hydrogen-bond acceptors (Lipinski definition) is 4. The molecular weight excluding hydrogens is 272 g/mol. The Morgan fingerprint density at radius 3 is 2.52 bits per heavy atom. The highest BCUT2D eigenvalue weighted by Crippen LogP contribution is 2.25. The van der Waals surface area contributed by atoms with Crippen LogP contribution in [0.3, 0.4) is 0 Å². The Labute approximate surface area is 119 Å². The van der Waals surface area contributed by atoms with Crippen LogP contribution in [0.5, 0.6) is 5.75 Å². The molecule has 0 saturated heterocycles. The molecule has 0 fully saturated rings. The highest BCUT2D eigenvalue weighted by atomic mass is 16.4. The number of amides is 1. The number of nitrogens with one attached hydrogen (secondary N) is 1. The van der Waals surface area contributed by atoms with Crippen LogP contribution in [-0.2, 0) is 0 Å². The normalized spacial score (nSPS) is 9.67. The van der Waals surface area contributed by atoms with Crippen molar-refractivity contribution in [2.24, 2.45) is 0 Å². The third-order valence-electron chi connectivity index (χ3n) is 2.75. The van der Waals surface area contributed by atoms with E-state index in [1.54, 1.807) is 12.1 Å². The first-order chi connectivity index (χ1) is 10.0. The third kappa shape index (κ3) is 3.16. The fourth-order valence-corrected chi connectivity index (χ4v) is 1.69. The van der Waals surface area contributed by atoms with Crippen LogP contribution in [0.25, 0.3) is 0 Å². The van der Waals surface area contributed by atoms with E-state index in [1.807, 2.05) is 6.07 Å². The van der Waals surface area contributed by atoms with Crippen molar-refractivity contribution in [3.63, 3.8) is 0 Å². The topological polar surface area (TPSA) is 110 Å². The zero-order valence-corrected chi connectivity index (χ0v) is 10.7. The maximum atomic E-state index is 12.0. The summed E-state index contributed by atoms with van der Waals surface area (Å²) in [5.74, 6) is -1.97. The van der Waals surface area contributed by atoms with Crippen molar-refractivity contribution in [3.8, 4) is 11.8 Å². The number of carboxylic acids is 1. The van der Waals surface area contributed by atoms with E-state index in [1.165, 1.54) is 24.3 Å². The molecule has 0 radical (unpaired) electrons. The van der Waals surface area contributed by atoms with Gasteiger partial charge in [0.05, 0.1) is 22.9 Å². The molecule has 0 saturated carbocycles. The second-order valence-electron chi connectivity index (χ2n) is 4.18. The highest BCUT2D eigenvalue weighted by molar-refractivity contribution is 6.05. The molecule has 0 heterocycles. The molecule has 0 aliphatic carbocycles. The SMILES string of the molecule is N#Cc1cccc(C(=O)Nc2cc(C(=O)O)ccc2O)c1. The molecule has 2 aromatic carbocycles. The van der Waals surface area contributed by atoms with Crippen molar-refractivity contribution in [1.82, 2.24) is 0 Å². The van der Waals surface area contributed by atoms with Crippen LogP contribution in [0.15, 0.2) is 42.5 Å². The molecule has 6 heteroatoms. The lowest BCUT2D eigenvalue weighted by atomic mass is 10.1. The smallest absolute Gasteiger partial charge is 0.335 e. The summed E-state index contributed by atoms with van der Waals surface area (Å²) in [7, 11) is 0. The largest absolute Gasteiger partial charge is 0.506 e. The van der Waals surface area contributed by atoms with Crippen molar-refractivity contribution >= 4 is 17.6 Å². The molecule has 0 unspecified atom stereocenters. The van der Waals surface area contributed by atoms with E-state index in [0.29, 0.717) is 5.56 Å². The maximum absolute atomic E-state index is 12.0. The summed E-state index contributed by atoms with van der Waals surface area (Å²) in [6, 6.07) is 11.5. The lowest BCUT2D eigenvalue weighted by Crippen LogP contribution is -2.12. The van der Waals surface area contributed by atoms with E-state index < -0.39 is 11.9 Å². The van der Waals surface area contributed by atoms with Crippen LogP contribution in [0.2, 0.25) is 0 Å². The standard InChI is InChI=1S/C15H10N2O4/c16-8-9-2-1-3-10(6-9)14(19)17-12-7-11(15(20)21)4-5-13(12)18/h1-7,18H,(H,17,19)(H,20,21). The van der Waals surface area contributed by atoms with Crippen LogP contribution in [0.1, 0.15) is 26.3 Å². The fourth-order valence-electron chi connectivity index (χ4n) is 1.69. The summed E-state index contributed by atoms with van der Waals surface area (Å²) >= 11 is 0. The number of anilines is 1. The quantitative estimate of drug-likeness (QED) is 0.747. The van der Waals surface area contributed by atoms with E-state index in [2.05, 4.69) is 5.32 Å². The first-order valence-electron chi connectivity index (χ1n) is 5.89. The zero-order valence-electron chi connectivity index (χ0n) is 10.7. The molecule has 1 amide bonds. The second kappa shape index (κ2) is 5.75. The summed E-state index contributed by atoms with van der Waals surface area (Å²) in [5.41, 5.74) is 0.483. The predicted octanol–water partition coefficient (Wildman–Crippen LogP) is 2.21. The Hall–Kier alpha value is -3.33. The monoisotopic (exact) mass is 282 g/mol. The van der Waals surface area contributed by atoms with Gasteiger partial charge in [-0.25, -0.2) is 4.79 Å². The molecule has 104 valence electrons. The molecule has 0 spiro atoms. The van der Waals surface area contributed by atoms with Gasteiger partial charge in [-0.1, -0.05) is 6.07 Å². The van der Waals surface area contributed by atoms with Crippen molar-refractivity contribution in [1.29, 1.82) is 5.26 Å². The number of carbonyl (C=O) groups excluding carboxylic acids is 1. The van der Waals surface area contributed by atoms with Crippen LogP contribution in [0.4, 0.5) is 5.69 Å². The molecular formula is C15H10N2O4. The number of rotatable bonds is 3. The molecule has 21 heavy (non-hydrogen) atoms. The molecule has 6 nitrogen and oxygen atoms in total. The molecule has 0 atom stereocenters. The van der Waals surface area contributed by atoms with Gasteiger partial charge in [-0.2, -0.15) is 5.26 Å². The van der Waals surface area contributed by atoms with E-state index >= 15 is 0 Å². The van der Waals surface area contributed by atoms with E-state index in [0.717, 1.165) is 6.07 Å². The number of benzene rings is 2. The number of phenols is 1. The van der Waals surface area contributed by atoms with Gasteiger partial charge < -0.3 is 15.5 Å². The summed E-state index contributed by atoms with van der Waals surface area (Å²) in [6.45, 7) is 0. The fraction of sp³-hybridized carbons (Fsp3) is 0. The number of carbonyl (C=O) groups is 2. The Kier molecular flexibility index (Phi) is 3.86. The van der Waals surface area contributed by atoms with Crippen LogP contribution in [0, 0.1) is 11.3 Å². The predicted molar refractivity (Wildman–Crippen MR) is 74.2 cm³/mol. The number of aromatic hydroxyl groups is 1. The molecule has 0 aliphatic heterocycles. The van der Waals surface area contributed by atoms with Gasteiger partial charge in [-0.3, -0.25) is 4.79 Å². The highest BCUT2D eigenvalue weighted by Gasteiger charge is 2.12. The summed E-state index contributed by atoms with van der Waals surface area (Å²) in [6.07, 6.45) is 0. The molecule has 2 rings (SSSR count). The Bertz CT molecular complexity index is 763. The van der Waals surface area contributed by atoms with Gasteiger partial charge in [0.2, 0.25) is 0 Å². The van der Waals surface area contributed by atoms with Gasteiger partial charge in [0.1, 0.15) is 5.75 Å². The Balaban J connectivity index is 2.29. The number of nitrogens with zero attached hydrogens (tertiary/aromatic N) is 1. The van der Waals surface area contributed by atoms with E-state index in [-0.39, 0.29) is 22.6 Å². The molecule has 0 bridgehead atoms. The number of aromatic carboxylic acids is 1. The van der Waals surface area contributed by atoms with Gasteiger partial charge >= 0.3 is 5.97 Å². The summed E-state index contributed by atoms with van der Waals surface area (Å²) < 4.78 is 0. The zero-order chi connectivity index (χ0) is 15.4. The molecule has 0 aromatic heterocycles. The average molecular weight is 282 g/mol. The van der Waals surface area contributed by atoms with Gasteiger partial charge in [0, 0.05) is 5.56 Å². The van der Waals surface area contributed by atoms with Crippen LogP contribution >= 0.6 is 0 Å². The Morgan fingerprint density at radius 2 is 1.86 bits per heavy atom. The Morgan fingerprint density at radius 1 is 1.10 bits per heavy atom. The van der Waals surface area contributed by atoms with Crippen molar-refractivity contribution in [3.05, 3.63) is 59.2 Å². The van der Waals surface area contributed by atoms with Crippen molar-refractivity contribution < 1.29 is 19.8 Å². The van der Waals surface area contributed by atoms with Gasteiger partial charge in [0.25, 0.3) is 5.91 Å². The van der Waals surface area contributed by atoms with Crippen molar-refractivity contribution in [2.45, 2.75) is 0 Å².